The number of ether oxygens (including phenoxy) is 1. The third-order valence-corrected chi connectivity index (χ3v) is 9.17. The van der Waals surface area contributed by atoms with Gasteiger partial charge in [0.15, 0.2) is 0 Å². The summed E-state index contributed by atoms with van der Waals surface area (Å²) in [5, 5.41) is 15.1. The van der Waals surface area contributed by atoms with Crippen LogP contribution in [0.15, 0.2) is 66.7 Å². The van der Waals surface area contributed by atoms with Gasteiger partial charge in [0, 0.05) is 17.2 Å². The van der Waals surface area contributed by atoms with Gasteiger partial charge in [-0.25, -0.2) is 0 Å². The van der Waals surface area contributed by atoms with Crippen LogP contribution in [0.3, 0.4) is 0 Å². The Kier molecular flexibility index (Phi) is 6.79. The SMILES string of the molecule is CCCCCCCCCCCCCC(=O)Oc1cc2ccc3ccc4ccc5ccc6ccc1c1c6c5c4c3c21. The van der Waals surface area contributed by atoms with Crippen molar-refractivity contribution in [2.75, 3.05) is 0 Å². The van der Waals surface area contributed by atoms with Crippen LogP contribution in [0.2, 0.25) is 0 Å². The summed E-state index contributed by atoms with van der Waals surface area (Å²) in [6.45, 7) is 2.27. The van der Waals surface area contributed by atoms with Crippen molar-refractivity contribution in [2.24, 2.45) is 0 Å². The molecule has 0 saturated carbocycles. The number of rotatable bonds is 13. The van der Waals surface area contributed by atoms with Gasteiger partial charge in [-0.2, -0.15) is 0 Å². The van der Waals surface area contributed by atoms with Gasteiger partial charge in [-0.05, 0) is 72.4 Å². The highest BCUT2D eigenvalue weighted by atomic mass is 16.5. The molecular formula is C38H38O2. The Morgan fingerprint density at radius 2 is 0.900 bits per heavy atom. The lowest BCUT2D eigenvalue weighted by atomic mass is 9.83. The van der Waals surface area contributed by atoms with Crippen molar-refractivity contribution in [1.29, 1.82) is 0 Å². The molecule has 202 valence electrons. The zero-order valence-electron chi connectivity index (χ0n) is 23.7. The highest BCUT2D eigenvalue weighted by Gasteiger charge is 2.22. The first-order chi connectivity index (χ1) is 19.7. The predicted molar refractivity (Wildman–Crippen MR) is 172 cm³/mol. The Balaban J connectivity index is 1.12. The Morgan fingerprint density at radius 3 is 1.43 bits per heavy atom. The summed E-state index contributed by atoms with van der Waals surface area (Å²) < 4.78 is 6.12. The molecule has 0 N–H and O–H groups in total. The molecule has 0 spiro atoms. The Morgan fingerprint density at radius 1 is 0.500 bits per heavy atom. The van der Waals surface area contributed by atoms with Gasteiger partial charge in [-0.3, -0.25) is 4.79 Å². The molecule has 2 nitrogen and oxygen atoms in total. The fourth-order valence-electron chi connectivity index (χ4n) is 7.15. The van der Waals surface area contributed by atoms with Crippen LogP contribution in [-0.2, 0) is 4.79 Å². The van der Waals surface area contributed by atoms with Crippen LogP contribution in [-0.4, -0.2) is 5.97 Å². The molecule has 0 aliphatic carbocycles. The quantitative estimate of drug-likeness (QED) is 0.0491. The fourth-order valence-corrected chi connectivity index (χ4v) is 7.15. The number of unbranched alkanes of at least 4 members (excludes halogenated alkanes) is 10. The standard InChI is InChI=1S/C38H38O2/c1-2-3-4-5-6-7-8-9-10-11-12-13-32(39)40-31-24-29-21-20-27-17-15-25-14-16-26-18-19-28-22-23-30(31)38-36(28)34(26)33(25)35(27)37(29)38/h14-24H,2-13H2,1H3. The first-order valence-corrected chi connectivity index (χ1v) is 15.6. The van der Waals surface area contributed by atoms with Crippen molar-refractivity contribution in [2.45, 2.75) is 84.0 Å². The zero-order valence-corrected chi connectivity index (χ0v) is 23.7. The molecule has 0 radical (unpaired) electrons. The number of benzene rings is 7. The minimum absolute atomic E-state index is 0.115. The van der Waals surface area contributed by atoms with Crippen molar-refractivity contribution in [1.82, 2.24) is 0 Å². The molecule has 7 aromatic carbocycles. The van der Waals surface area contributed by atoms with Gasteiger partial charge < -0.3 is 4.74 Å². The number of hydrogen-bond acceptors (Lipinski definition) is 2. The molecule has 0 heterocycles. The lowest BCUT2D eigenvalue weighted by Gasteiger charge is -2.21. The van der Waals surface area contributed by atoms with Gasteiger partial charge in [0.1, 0.15) is 5.75 Å². The van der Waals surface area contributed by atoms with E-state index in [4.69, 9.17) is 4.74 Å². The summed E-state index contributed by atoms with van der Waals surface area (Å²) >= 11 is 0. The van der Waals surface area contributed by atoms with E-state index in [-0.39, 0.29) is 5.97 Å². The molecular weight excluding hydrogens is 488 g/mol. The Labute approximate surface area is 236 Å². The van der Waals surface area contributed by atoms with E-state index < -0.39 is 0 Å². The molecule has 0 aliphatic heterocycles. The minimum Gasteiger partial charge on any atom is -0.426 e. The van der Waals surface area contributed by atoms with Crippen LogP contribution in [0.4, 0.5) is 0 Å². The molecule has 7 aromatic rings. The monoisotopic (exact) mass is 526 g/mol. The molecule has 0 amide bonds. The molecule has 0 unspecified atom stereocenters. The van der Waals surface area contributed by atoms with Crippen LogP contribution in [0.1, 0.15) is 84.0 Å². The van der Waals surface area contributed by atoms with Gasteiger partial charge in [-0.15, -0.1) is 0 Å². The van der Waals surface area contributed by atoms with E-state index in [9.17, 15) is 4.79 Å². The van der Waals surface area contributed by atoms with Crippen LogP contribution in [0.25, 0.3) is 64.6 Å². The van der Waals surface area contributed by atoms with E-state index in [1.807, 2.05) is 0 Å². The van der Waals surface area contributed by atoms with Crippen LogP contribution < -0.4 is 4.74 Å². The topological polar surface area (TPSA) is 26.3 Å². The fraction of sp³-hybridized carbons (Fsp3) is 0.342. The van der Waals surface area contributed by atoms with Crippen molar-refractivity contribution in [3.63, 3.8) is 0 Å². The van der Waals surface area contributed by atoms with Gasteiger partial charge in [0.2, 0.25) is 0 Å². The summed E-state index contributed by atoms with van der Waals surface area (Å²) in [5.41, 5.74) is 0. The molecule has 2 heteroatoms. The third-order valence-electron chi connectivity index (χ3n) is 9.17. The molecule has 0 aliphatic rings. The molecule has 0 fully saturated rings. The summed E-state index contributed by atoms with van der Waals surface area (Å²) in [6.07, 6.45) is 14.5. The average molecular weight is 527 g/mol. The summed E-state index contributed by atoms with van der Waals surface area (Å²) in [6, 6.07) is 24.3. The van der Waals surface area contributed by atoms with E-state index in [0.29, 0.717) is 12.2 Å². The van der Waals surface area contributed by atoms with Crippen molar-refractivity contribution in [3.05, 3.63) is 66.7 Å². The maximum atomic E-state index is 13.0. The number of hydrogen-bond donors (Lipinski definition) is 0. The lowest BCUT2D eigenvalue weighted by molar-refractivity contribution is -0.134. The van der Waals surface area contributed by atoms with E-state index in [1.165, 1.54) is 112 Å². The highest BCUT2D eigenvalue weighted by molar-refractivity contribution is 6.45. The van der Waals surface area contributed by atoms with Gasteiger partial charge in [0.05, 0.1) is 0 Å². The first kappa shape index (κ1) is 25.3. The minimum atomic E-state index is -0.115. The van der Waals surface area contributed by atoms with Gasteiger partial charge in [0.25, 0.3) is 0 Å². The van der Waals surface area contributed by atoms with Crippen LogP contribution >= 0.6 is 0 Å². The van der Waals surface area contributed by atoms with Gasteiger partial charge in [-0.1, -0.05) is 126 Å². The molecule has 40 heavy (non-hydrogen) atoms. The second-order valence-corrected chi connectivity index (χ2v) is 11.9. The largest absolute Gasteiger partial charge is 0.426 e. The molecule has 0 bridgehead atoms. The number of carbonyl (C=O) groups excluding carboxylic acids is 1. The van der Waals surface area contributed by atoms with E-state index in [1.54, 1.807) is 0 Å². The second kappa shape index (κ2) is 10.7. The molecule has 7 rings (SSSR count). The molecule has 0 saturated heterocycles. The number of carbonyl (C=O) groups is 1. The average Bonchev–Trinajstić information content (AvgIpc) is 2.98. The summed E-state index contributed by atoms with van der Waals surface area (Å²) in [7, 11) is 0. The Bertz CT molecular complexity index is 1860. The third kappa shape index (κ3) is 4.29. The zero-order chi connectivity index (χ0) is 27.1. The maximum absolute atomic E-state index is 13.0. The second-order valence-electron chi connectivity index (χ2n) is 11.9. The lowest BCUT2D eigenvalue weighted by Crippen LogP contribution is -2.08. The summed E-state index contributed by atoms with van der Waals surface area (Å²) in [5.74, 6) is 0.580. The van der Waals surface area contributed by atoms with Crippen LogP contribution in [0, 0.1) is 0 Å². The number of esters is 1. The maximum Gasteiger partial charge on any atom is 0.311 e. The van der Waals surface area contributed by atoms with Crippen molar-refractivity contribution in [3.8, 4) is 5.75 Å². The van der Waals surface area contributed by atoms with Crippen molar-refractivity contribution >= 4 is 70.6 Å². The van der Waals surface area contributed by atoms with Gasteiger partial charge >= 0.3 is 5.97 Å². The summed E-state index contributed by atoms with van der Waals surface area (Å²) in [4.78, 5) is 13.0. The highest BCUT2D eigenvalue weighted by Crippen LogP contribution is 2.50. The predicted octanol–water partition coefficient (Wildman–Crippen LogP) is 11.5. The van der Waals surface area contributed by atoms with E-state index >= 15 is 0 Å². The smallest absolute Gasteiger partial charge is 0.311 e. The normalized spacial score (nSPS) is 12.4. The Hall–Kier alpha value is -3.65. The van der Waals surface area contributed by atoms with Crippen molar-refractivity contribution < 1.29 is 9.53 Å². The van der Waals surface area contributed by atoms with E-state index in [0.717, 1.165) is 23.6 Å². The first-order valence-electron chi connectivity index (χ1n) is 15.6. The van der Waals surface area contributed by atoms with Crippen LogP contribution in [0.5, 0.6) is 5.75 Å². The molecule has 0 aromatic heterocycles. The van der Waals surface area contributed by atoms with E-state index in [2.05, 4.69) is 73.7 Å². The molecule has 0 atom stereocenters.